The third kappa shape index (κ3) is 3.83. The highest BCUT2D eigenvalue weighted by atomic mass is 15.2. The number of piperidine rings is 1. The van der Waals surface area contributed by atoms with E-state index in [0.717, 1.165) is 13.0 Å². The molecule has 1 aromatic heterocycles. The smallest absolute Gasteiger partial charge is 0.0519 e. The summed E-state index contributed by atoms with van der Waals surface area (Å²) in [5.74, 6) is 0. The molecule has 1 aliphatic heterocycles. The van der Waals surface area contributed by atoms with Crippen molar-refractivity contribution in [3.8, 4) is 0 Å². The first kappa shape index (κ1) is 16.4. The SMILES string of the molecule is CCCNC(c1cnccc1C)C(C)(C)N1CCCCC1. The van der Waals surface area contributed by atoms with Gasteiger partial charge in [-0.1, -0.05) is 13.3 Å². The Morgan fingerprint density at radius 2 is 2.00 bits per heavy atom. The van der Waals surface area contributed by atoms with E-state index in [0.29, 0.717) is 6.04 Å². The molecule has 21 heavy (non-hydrogen) atoms. The fraction of sp³-hybridized carbons (Fsp3) is 0.722. The van der Waals surface area contributed by atoms with Gasteiger partial charge in [-0.05, 0) is 76.9 Å². The fourth-order valence-electron chi connectivity index (χ4n) is 3.46. The monoisotopic (exact) mass is 289 g/mol. The maximum atomic E-state index is 4.37. The van der Waals surface area contributed by atoms with E-state index in [9.17, 15) is 0 Å². The molecule has 0 spiro atoms. The van der Waals surface area contributed by atoms with Gasteiger partial charge in [0.15, 0.2) is 0 Å². The lowest BCUT2D eigenvalue weighted by Gasteiger charge is -2.46. The summed E-state index contributed by atoms with van der Waals surface area (Å²) in [7, 11) is 0. The Bertz CT molecular complexity index is 436. The van der Waals surface area contributed by atoms with Gasteiger partial charge in [0.25, 0.3) is 0 Å². The molecule has 1 aromatic rings. The number of nitrogens with one attached hydrogen (secondary N) is 1. The van der Waals surface area contributed by atoms with Gasteiger partial charge in [-0.15, -0.1) is 0 Å². The van der Waals surface area contributed by atoms with Gasteiger partial charge in [0.05, 0.1) is 6.04 Å². The van der Waals surface area contributed by atoms with Crippen LogP contribution in [0.3, 0.4) is 0 Å². The number of nitrogens with zero attached hydrogens (tertiary/aromatic N) is 2. The number of pyridine rings is 1. The zero-order chi connectivity index (χ0) is 15.3. The minimum atomic E-state index is 0.114. The van der Waals surface area contributed by atoms with Gasteiger partial charge in [-0.25, -0.2) is 0 Å². The van der Waals surface area contributed by atoms with Crippen LogP contribution in [0.15, 0.2) is 18.5 Å². The maximum Gasteiger partial charge on any atom is 0.0519 e. The Kier molecular flexibility index (Phi) is 5.77. The van der Waals surface area contributed by atoms with Crippen molar-refractivity contribution in [3.63, 3.8) is 0 Å². The lowest BCUT2D eigenvalue weighted by Crippen LogP contribution is -2.54. The quantitative estimate of drug-likeness (QED) is 0.865. The van der Waals surface area contributed by atoms with Crippen LogP contribution in [-0.4, -0.2) is 35.1 Å². The second-order valence-corrected chi connectivity index (χ2v) is 6.82. The average Bonchev–Trinajstić information content (AvgIpc) is 2.50. The van der Waals surface area contributed by atoms with Crippen LogP contribution in [0.25, 0.3) is 0 Å². The van der Waals surface area contributed by atoms with E-state index in [1.807, 2.05) is 12.4 Å². The number of likely N-dealkylation sites (tertiary alicyclic amines) is 1. The van der Waals surface area contributed by atoms with E-state index in [1.54, 1.807) is 0 Å². The standard InChI is InChI=1S/C18H31N3/c1-5-10-20-17(16-14-19-11-9-15(16)2)18(3,4)21-12-7-6-8-13-21/h9,11,14,17,20H,5-8,10,12-13H2,1-4H3. The van der Waals surface area contributed by atoms with Gasteiger partial charge >= 0.3 is 0 Å². The second-order valence-electron chi connectivity index (χ2n) is 6.82. The van der Waals surface area contributed by atoms with Crippen LogP contribution in [0.1, 0.15) is 63.6 Å². The summed E-state index contributed by atoms with van der Waals surface area (Å²) in [6.45, 7) is 12.7. The van der Waals surface area contributed by atoms with E-state index >= 15 is 0 Å². The van der Waals surface area contributed by atoms with Crippen molar-refractivity contribution in [2.45, 2.75) is 65.0 Å². The first-order chi connectivity index (χ1) is 10.1. The summed E-state index contributed by atoms with van der Waals surface area (Å²) in [6, 6.07) is 2.46. The highest BCUT2D eigenvalue weighted by molar-refractivity contribution is 5.28. The van der Waals surface area contributed by atoms with Crippen LogP contribution in [0, 0.1) is 6.92 Å². The minimum absolute atomic E-state index is 0.114. The van der Waals surface area contributed by atoms with Crippen molar-refractivity contribution >= 4 is 0 Å². The Balaban J connectivity index is 2.27. The van der Waals surface area contributed by atoms with Crippen LogP contribution in [0.4, 0.5) is 0 Å². The second kappa shape index (κ2) is 7.37. The molecule has 3 heteroatoms. The molecule has 1 aliphatic rings. The van der Waals surface area contributed by atoms with E-state index in [4.69, 9.17) is 0 Å². The van der Waals surface area contributed by atoms with Crippen LogP contribution < -0.4 is 5.32 Å². The number of hydrogen-bond acceptors (Lipinski definition) is 3. The minimum Gasteiger partial charge on any atom is -0.308 e. The van der Waals surface area contributed by atoms with E-state index in [-0.39, 0.29) is 5.54 Å². The molecule has 0 bridgehead atoms. The van der Waals surface area contributed by atoms with Crippen molar-refractivity contribution in [2.75, 3.05) is 19.6 Å². The van der Waals surface area contributed by atoms with E-state index in [1.165, 1.54) is 43.5 Å². The molecule has 0 amide bonds. The van der Waals surface area contributed by atoms with Gasteiger partial charge in [0.2, 0.25) is 0 Å². The zero-order valence-electron chi connectivity index (χ0n) is 14.2. The van der Waals surface area contributed by atoms with Crippen molar-refractivity contribution in [3.05, 3.63) is 29.6 Å². The van der Waals surface area contributed by atoms with Crippen LogP contribution in [-0.2, 0) is 0 Å². The largest absolute Gasteiger partial charge is 0.308 e. The first-order valence-corrected chi connectivity index (χ1v) is 8.46. The van der Waals surface area contributed by atoms with Gasteiger partial charge in [0.1, 0.15) is 0 Å². The van der Waals surface area contributed by atoms with Crippen molar-refractivity contribution < 1.29 is 0 Å². The Labute approximate surface area is 130 Å². The molecule has 0 radical (unpaired) electrons. The summed E-state index contributed by atoms with van der Waals surface area (Å²) in [5.41, 5.74) is 2.80. The zero-order valence-corrected chi connectivity index (χ0v) is 14.2. The van der Waals surface area contributed by atoms with Gasteiger partial charge in [-0.3, -0.25) is 9.88 Å². The third-order valence-electron chi connectivity index (χ3n) is 4.87. The average molecular weight is 289 g/mol. The lowest BCUT2D eigenvalue weighted by molar-refractivity contribution is 0.0605. The van der Waals surface area contributed by atoms with Crippen LogP contribution in [0.5, 0.6) is 0 Å². The Morgan fingerprint density at radius 1 is 1.29 bits per heavy atom. The summed E-state index contributed by atoms with van der Waals surface area (Å²) in [4.78, 5) is 7.04. The maximum absolute atomic E-state index is 4.37. The highest BCUT2D eigenvalue weighted by Crippen LogP contribution is 2.34. The molecular formula is C18H31N3. The molecule has 118 valence electrons. The summed E-state index contributed by atoms with van der Waals surface area (Å²) in [5, 5.41) is 3.78. The molecule has 0 saturated carbocycles. The Hall–Kier alpha value is -0.930. The number of rotatable bonds is 6. The molecule has 1 unspecified atom stereocenters. The molecule has 2 rings (SSSR count). The van der Waals surface area contributed by atoms with E-state index in [2.05, 4.69) is 49.0 Å². The summed E-state index contributed by atoms with van der Waals surface area (Å²) in [6.07, 6.45) is 9.14. The number of aryl methyl sites for hydroxylation is 1. The van der Waals surface area contributed by atoms with Crippen molar-refractivity contribution in [1.82, 2.24) is 15.2 Å². The normalized spacial score (nSPS) is 18.7. The Morgan fingerprint density at radius 3 is 2.62 bits per heavy atom. The predicted octanol–water partition coefficient (Wildman–Crippen LogP) is 3.70. The summed E-state index contributed by atoms with van der Waals surface area (Å²) >= 11 is 0. The molecule has 1 saturated heterocycles. The molecule has 1 N–H and O–H groups in total. The molecule has 0 aliphatic carbocycles. The topological polar surface area (TPSA) is 28.2 Å². The molecule has 0 aromatic carbocycles. The summed E-state index contributed by atoms with van der Waals surface area (Å²) < 4.78 is 0. The third-order valence-corrected chi connectivity index (χ3v) is 4.87. The van der Waals surface area contributed by atoms with Crippen molar-refractivity contribution in [2.24, 2.45) is 0 Å². The van der Waals surface area contributed by atoms with E-state index < -0.39 is 0 Å². The molecule has 3 nitrogen and oxygen atoms in total. The predicted molar refractivity (Wildman–Crippen MR) is 89.5 cm³/mol. The van der Waals surface area contributed by atoms with Gasteiger partial charge < -0.3 is 5.32 Å². The van der Waals surface area contributed by atoms with Crippen LogP contribution in [0.2, 0.25) is 0 Å². The lowest BCUT2D eigenvalue weighted by atomic mass is 9.84. The number of hydrogen-bond donors (Lipinski definition) is 1. The van der Waals surface area contributed by atoms with Gasteiger partial charge in [-0.2, -0.15) is 0 Å². The van der Waals surface area contributed by atoms with Gasteiger partial charge in [0, 0.05) is 17.9 Å². The molecule has 1 fully saturated rings. The number of aromatic nitrogens is 1. The highest BCUT2D eigenvalue weighted by Gasteiger charge is 2.37. The van der Waals surface area contributed by atoms with Crippen LogP contribution >= 0.6 is 0 Å². The first-order valence-electron chi connectivity index (χ1n) is 8.46. The fourth-order valence-corrected chi connectivity index (χ4v) is 3.46. The molecular weight excluding hydrogens is 258 g/mol. The molecule has 2 heterocycles. The van der Waals surface area contributed by atoms with Crippen molar-refractivity contribution in [1.29, 1.82) is 0 Å². The molecule has 1 atom stereocenters.